The van der Waals surface area contributed by atoms with Gasteiger partial charge in [0.1, 0.15) is 5.76 Å². The number of rotatable bonds is 6. The van der Waals surface area contributed by atoms with Gasteiger partial charge in [-0.1, -0.05) is 36.0 Å². The Labute approximate surface area is 179 Å². The second-order valence-electron chi connectivity index (χ2n) is 6.63. The molecule has 4 heterocycles. The first-order chi connectivity index (χ1) is 14.7. The number of oxazole rings is 1. The molecule has 4 aromatic heterocycles. The summed E-state index contributed by atoms with van der Waals surface area (Å²) in [6, 6.07) is 11.5. The number of thiophene rings is 1. The topological polar surface area (TPSA) is 78.2 Å². The van der Waals surface area contributed by atoms with Crippen LogP contribution in [0.1, 0.15) is 11.5 Å². The highest BCUT2D eigenvalue weighted by Gasteiger charge is 2.18. The van der Waals surface area contributed by atoms with Gasteiger partial charge in [0, 0.05) is 12.3 Å². The van der Waals surface area contributed by atoms with E-state index in [0.717, 1.165) is 21.8 Å². The average molecular weight is 436 g/mol. The normalized spacial score (nSPS) is 11.5. The van der Waals surface area contributed by atoms with Gasteiger partial charge in [-0.3, -0.25) is 13.8 Å². The number of nitrogens with zero attached hydrogens (tertiary/aromatic N) is 5. The SMILES string of the molecule is C=CCn1c(=O)c2ccccc2n2c(SCc3nc(-c4cccs4)oc3C)nnc12. The van der Waals surface area contributed by atoms with Gasteiger partial charge in [0.05, 0.1) is 21.5 Å². The minimum atomic E-state index is -0.102. The molecular formula is C21H17N5O2S2. The lowest BCUT2D eigenvalue weighted by atomic mass is 10.2. The number of aryl methyl sites for hydroxylation is 1. The van der Waals surface area contributed by atoms with Crippen LogP contribution in [0.25, 0.3) is 27.4 Å². The molecule has 0 saturated carbocycles. The van der Waals surface area contributed by atoms with Gasteiger partial charge in [0.2, 0.25) is 11.7 Å². The number of para-hydroxylation sites is 1. The molecule has 5 rings (SSSR count). The Morgan fingerprint density at radius 1 is 1.23 bits per heavy atom. The van der Waals surface area contributed by atoms with Gasteiger partial charge in [-0.25, -0.2) is 4.98 Å². The minimum absolute atomic E-state index is 0.102. The van der Waals surface area contributed by atoms with Gasteiger partial charge in [0.15, 0.2) is 5.16 Å². The van der Waals surface area contributed by atoms with Crippen LogP contribution in [0.15, 0.2) is 68.8 Å². The molecule has 0 aliphatic rings. The van der Waals surface area contributed by atoms with Crippen molar-refractivity contribution in [3.8, 4) is 10.8 Å². The number of benzene rings is 1. The van der Waals surface area contributed by atoms with Crippen LogP contribution < -0.4 is 5.56 Å². The Balaban J connectivity index is 1.56. The first-order valence-corrected chi connectivity index (χ1v) is 11.1. The van der Waals surface area contributed by atoms with Crippen LogP contribution in [0.3, 0.4) is 0 Å². The molecule has 0 bridgehead atoms. The minimum Gasteiger partial charge on any atom is -0.440 e. The highest BCUT2D eigenvalue weighted by molar-refractivity contribution is 7.98. The molecule has 0 aliphatic heterocycles. The molecule has 0 atom stereocenters. The molecule has 0 aliphatic carbocycles. The molecular weight excluding hydrogens is 418 g/mol. The van der Waals surface area contributed by atoms with E-state index in [4.69, 9.17) is 4.42 Å². The van der Waals surface area contributed by atoms with Crippen LogP contribution in [-0.2, 0) is 12.3 Å². The molecule has 1 aromatic carbocycles. The Morgan fingerprint density at radius 2 is 2.10 bits per heavy atom. The van der Waals surface area contributed by atoms with Gasteiger partial charge in [-0.2, -0.15) is 0 Å². The summed E-state index contributed by atoms with van der Waals surface area (Å²) in [5.41, 5.74) is 1.54. The third-order valence-corrected chi connectivity index (χ3v) is 6.55. The van der Waals surface area contributed by atoms with E-state index < -0.39 is 0 Å². The van der Waals surface area contributed by atoms with Crippen molar-refractivity contribution in [3.05, 3.63) is 76.2 Å². The Bertz CT molecular complexity index is 1430. The van der Waals surface area contributed by atoms with Gasteiger partial charge in [-0.15, -0.1) is 28.1 Å². The van der Waals surface area contributed by atoms with Crippen molar-refractivity contribution in [1.82, 2.24) is 24.1 Å². The number of aromatic nitrogens is 5. The summed E-state index contributed by atoms with van der Waals surface area (Å²) in [7, 11) is 0. The molecule has 0 fully saturated rings. The summed E-state index contributed by atoms with van der Waals surface area (Å²) in [5.74, 6) is 2.50. The van der Waals surface area contributed by atoms with Crippen LogP contribution in [0.2, 0.25) is 0 Å². The molecule has 5 aromatic rings. The fourth-order valence-corrected chi connectivity index (χ4v) is 4.91. The summed E-state index contributed by atoms with van der Waals surface area (Å²) in [6.45, 7) is 6.04. The second-order valence-corrected chi connectivity index (χ2v) is 8.52. The van der Waals surface area contributed by atoms with Gasteiger partial charge in [0.25, 0.3) is 5.56 Å². The van der Waals surface area contributed by atoms with Crippen molar-refractivity contribution in [1.29, 1.82) is 0 Å². The molecule has 30 heavy (non-hydrogen) atoms. The summed E-state index contributed by atoms with van der Waals surface area (Å²) in [6.07, 6.45) is 1.68. The van der Waals surface area contributed by atoms with Crippen molar-refractivity contribution in [2.75, 3.05) is 0 Å². The van der Waals surface area contributed by atoms with Crippen molar-refractivity contribution in [2.24, 2.45) is 0 Å². The Kier molecular flexibility index (Phi) is 4.76. The molecule has 9 heteroatoms. The predicted octanol–water partition coefficient (Wildman–Crippen LogP) is 4.55. The lowest BCUT2D eigenvalue weighted by molar-refractivity contribution is 0.542. The summed E-state index contributed by atoms with van der Waals surface area (Å²) < 4.78 is 9.34. The number of fused-ring (bicyclic) bond motifs is 3. The van der Waals surface area contributed by atoms with Crippen molar-refractivity contribution < 1.29 is 4.42 Å². The van der Waals surface area contributed by atoms with E-state index in [0.29, 0.717) is 34.5 Å². The van der Waals surface area contributed by atoms with Gasteiger partial charge < -0.3 is 4.42 Å². The Hall–Kier alpha value is -3.17. The summed E-state index contributed by atoms with van der Waals surface area (Å²) in [5, 5.41) is 12.0. The molecule has 0 spiro atoms. The Morgan fingerprint density at radius 3 is 2.90 bits per heavy atom. The zero-order valence-electron chi connectivity index (χ0n) is 16.1. The fraction of sp³-hybridized carbons (Fsp3) is 0.143. The molecule has 150 valence electrons. The lowest BCUT2D eigenvalue weighted by Crippen LogP contribution is -2.22. The standard InChI is InChI=1S/C21H17N5O2S2/c1-3-10-25-19(27)14-7-4-5-8-16(14)26-20(25)23-24-21(26)30-12-15-13(2)28-18(22-15)17-9-6-11-29-17/h3-9,11H,1,10,12H2,2H3. The first kappa shape index (κ1) is 18.8. The quantitative estimate of drug-likeness (QED) is 0.288. The predicted molar refractivity (Wildman–Crippen MR) is 119 cm³/mol. The van der Waals surface area contributed by atoms with E-state index in [2.05, 4.69) is 21.8 Å². The van der Waals surface area contributed by atoms with Crippen molar-refractivity contribution >= 4 is 39.8 Å². The highest BCUT2D eigenvalue weighted by atomic mass is 32.2. The molecule has 0 unspecified atom stereocenters. The molecule has 0 N–H and O–H groups in total. The largest absolute Gasteiger partial charge is 0.440 e. The van der Waals surface area contributed by atoms with E-state index in [-0.39, 0.29) is 5.56 Å². The second kappa shape index (κ2) is 7.58. The lowest BCUT2D eigenvalue weighted by Gasteiger charge is -2.09. The van der Waals surface area contributed by atoms with Gasteiger partial charge >= 0.3 is 0 Å². The van der Waals surface area contributed by atoms with Crippen LogP contribution in [0, 0.1) is 6.92 Å². The highest BCUT2D eigenvalue weighted by Crippen LogP contribution is 2.30. The first-order valence-electron chi connectivity index (χ1n) is 9.28. The van der Waals surface area contributed by atoms with E-state index in [1.807, 2.05) is 53.1 Å². The number of hydrogen-bond acceptors (Lipinski definition) is 7. The van der Waals surface area contributed by atoms with Crippen LogP contribution in [0.4, 0.5) is 0 Å². The van der Waals surface area contributed by atoms with E-state index in [1.54, 1.807) is 22.0 Å². The third-order valence-electron chi connectivity index (χ3n) is 4.75. The fourth-order valence-electron chi connectivity index (χ4n) is 3.32. The molecule has 7 nitrogen and oxygen atoms in total. The van der Waals surface area contributed by atoms with E-state index in [1.165, 1.54) is 11.8 Å². The molecule has 0 radical (unpaired) electrons. The van der Waals surface area contributed by atoms with Crippen molar-refractivity contribution in [3.63, 3.8) is 0 Å². The maximum absolute atomic E-state index is 12.9. The number of allylic oxidation sites excluding steroid dienone is 1. The molecule has 0 saturated heterocycles. The zero-order valence-corrected chi connectivity index (χ0v) is 17.7. The van der Waals surface area contributed by atoms with E-state index in [9.17, 15) is 4.79 Å². The maximum Gasteiger partial charge on any atom is 0.263 e. The van der Waals surface area contributed by atoms with Crippen molar-refractivity contribution in [2.45, 2.75) is 24.4 Å². The smallest absolute Gasteiger partial charge is 0.263 e. The van der Waals surface area contributed by atoms with Gasteiger partial charge in [-0.05, 0) is 30.5 Å². The zero-order chi connectivity index (χ0) is 20.7. The monoisotopic (exact) mass is 435 g/mol. The maximum atomic E-state index is 12.9. The summed E-state index contributed by atoms with van der Waals surface area (Å²) in [4.78, 5) is 18.5. The third kappa shape index (κ3) is 3.06. The van der Waals surface area contributed by atoms with Crippen LogP contribution >= 0.6 is 23.1 Å². The average Bonchev–Trinajstić information content (AvgIpc) is 3.49. The van der Waals surface area contributed by atoms with Crippen LogP contribution in [-0.4, -0.2) is 24.1 Å². The number of thioether (sulfide) groups is 1. The summed E-state index contributed by atoms with van der Waals surface area (Å²) >= 11 is 3.11. The molecule has 0 amide bonds. The van der Waals surface area contributed by atoms with Crippen LogP contribution in [0.5, 0.6) is 0 Å². The van der Waals surface area contributed by atoms with E-state index >= 15 is 0 Å². The number of hydrogen-bond donors (Lipinski definition) is 0.